The maximum Gasteiger partial charge on any atom is 0.302 e. The van der Waals surface area contributed by atoms with Crippen LogP contribution in [0.2, 0.25) is 0 Å². The average Bonchev–Trinajstić information content (AvgIpc) is 3.26. The van der Waals surface area contributed by atoms with Gasteiger partial charge in [-0.3, -0.25) is 9.59 Å². The van der Waals surface area contributed by atoms with E-state index < -0.39 is 17.8 Å². The van der Waals surface area contributed by atoms with Crippen molar-refractivity contribution in [1.82, 2.24) is 0 Å². The molecular weight excluding hydrogens is 332 g/mol. The lowest BCUT2D eigenvalue weighted by atomic mass is 9.44. The van der Waals surface area contributed by atoms with Gasteiger partial charge in [0.1, 0.15) is 17.8 Å². The molecule has 1 aliphatic heterocycles. The Morgan fingerprint density at radius 2 is 1.92 bits per heavy atom. The summed E-state index contributed by atoms with van der Waals surface area (Å²) < 4.78 is 11.7. The Kier molecular flexibility index (Phi) is 3.37. The second kappa shape index (κ2) is 5.11. The summed E-state index contributed by atoms with van der Waals surface area (Å²) in [7, 11) is 0. The number of esters is 1. The van der Waals surface area contributed by atoms with Crippen molar-refractivity contribution < 1.29 is 24.2 Å². The summed E-state index contributed by atoms with van der Waals surface area (Å²) in [6, 6.07) is 0. The topological polar surface area (TPSA) is 76.1 Å². The molecule has 144 valence electrons. The zero-order valence-corrected chi connectivity index (χ0v) is 16.0. The first-order valence-corrected chi connectivity index (χ1v) is 10.3. The maximum atomic E-state index is 13.4. The lowest BCUT2D eigenvalue weighted by Gasteiger charge is -2.58. The molecule has 0 aromatic carbocycles. The normalized spacial score (nSPS) is 57.5. The lowest BCUT2D eigenvalue weighted by Crippen LogP contribution is -2.64. The molecule has 1 N–H and O–H groups in total. The molecule has 1 heterocycles. The van der Waals surface area contributed by atoms with Crippen molar-refractivity contribution in [2.45, 2.75) is 89.6 Å². The molecule has 4 saturated carbocycles. The van der Waals surface area contributed by atoms with Gasteiger partial charge in [0, 0.05) is 23.7 Å². The number of rotatable bonds is 1. The molecule has 4 aliphatic carbocycles. The molecule has 0 aromatic rings. The quantitative estimate of drug-likeness (QED) is 0.573. The Labute approximate surface area is 154 Å². The summed E-state index contributed by atoms with van der Waals surface area (Å²) in [6.07, 6.45) is 5.52. The van der Waals surface area contributed by atoms with Gasteiger partial charge in [0.25, 0.3) is 0 Å². The Morgan fingerprint density at radius 3 is 2.65 bits per heavy atom. The van der Waals surface area contributed by atoms with Gasteiger partial charge in [0.2, 0.25) is 0 Å². The summed E-state index contributed by atoms with van der Waals surface area (Å²) in [5.74, 6) is 0.521. The number of ether oxygens (including phenoxy) is 2. The highest BCUT2D eigenvalue weighted by atomic mass is 16.6. The van der Waals surface area contributed by atoms with Gasteiger partial charge in [0.05, 0.1) is 6.10 Å². The van der Waals surface area contributed by atoms with Gasteiger partial charge in [-0.25, -0.2) is 0 Å². The number of epoxide rings is 1. The Hall–Kier alpha value is -0.940. The van der Waals surface area contributed by atoms with Crippen LogP contribution in [0.25, 0.3) is 0 Å². The molecule has 1 spiro atoms. The molecular formula is C21H30O5. The average molecular weight is 362 g/mol. The lowest BCUT2D eigenvalue weighted by molar-refractivity contribution is -0.167. The van der Waals surface area contributed by atoms with Gasteiger partial charge in [0.15, 0.2) is 5.78 Å². The number of ketones is 1. The molecule has 5 heteroatoms. The fourth-order valence-corrected chi connectivity index (χ4v) is 7.82. The van der Waals surface area contributed by atoms with Gasteiger partial charge in [-0.1, -0.05) is 20.3 Å². The molecule has 0 amide bonds. The zero-order valence-electron chi connectivity index (χ0n) is 16.0. The third-order valence-electron chi connectivity index (χ3n) is 9.10. The van der Waals surface area contributed by atoms with Gasteiger partial charge in [-0.15, -0.1) is 0 Å². The number of aliphatic hydroxyl groups is 1. The van der Waals surface area contributed by atoms with Crippen LogP contribution < -0.4 is 0 Å². The number of carbonyl (C=O) groups excluding carboxylic acids is 2. The van der Waals surface area contributed by atoms with E-state index in [9.17, 15) is 14.7 Å². The van der Waals surface area contributed by atoms with Crippen molar-refractivity contribution in [3.63, 3.8) is 0 Å². The molecule has 0 aromatic heterocycles. The summed E-state index contributed by atoms with van der Waals surface area (Å²) >= 11 is 0. The molecule has 0 unspecified atom stereocenters. The largest absolute Gasteiger partial charge is 0.462 e. The number of aliphatic hydroxyl groups excluding tert-OH is 1. The van der Waals surface area contributed by atoms with Crippen molar-refractivity contribution in [2.75, 3.05) is 0 Å². The molecule has 0 radical (unpaired) electrons. The van der Waals surface area contributed by atoms with Crippen LogP contribution in [-0.4, -0.2) is 40.8 Å². The Bertz CT molecular complexity index is 675. The van der Waals surface area contributed by atoms with E-state index in [1.807, 2.05) is 0 Å². The van der Waals surface area contributed by atoms with Crippen LogP contribution in [0.15, 0.2) is 0 Å². The maximum absolute atomic E-state index is 13.4. The minimum atomic E-state index is -0.620. The highest BCUT2D eigenvalue weighted by Gasteiger charge is 2.81. The monoisotopic (exact) mass is 362 g/mol. The number of carbonyl (C=O) groups is 2. The highest BCUT2D eigenvalue weighted by molar-refractivity contribution is 5.92. The first kappa shape index (κ1) is 17.2. The van der Waals surface area contributed by atoms with E-state index in [-0.39, 0.29) is 46.4 Å². The minimum Gasteiger partial charge on any atom is -0.462 e. The van der Waals surface area contributed by atoms with Gasteiger partial charge < -0.3 is 14.6 Å². The van der Waals surface area contributed by atoms with Crippen molar-refractivity contribution in [1.29, 1.82) is 0 Å². The van der Waals surface area contributed by atoms with E-state index in [0.29, 0.717) is 0 Å². The zero-order chi connectivity index (χ0) is 18.5. The molecule has 1 saturated heterocycles. The second-order valence-corrected chi connectivity index (χ2v) is 9.98. The third-order valence-corrected chi connectivity index (χ3v) is 9.10. The van der Waals surface area contributed by atoms with E-state index in [0.717, 1.165) is 44.9 Å². The SMILES string of the molecule is CC(=O)O[C@H]1CC[C@H]2[C@@H]3C(=O)[C@@H]4O[C@@]45[C@@H](O)CCC[C@]5(C)[C@H]3CC[C@]12C. The van der Waals surface area contributed by atoms with Crippen LogP contribution in [0.1, 0.15) is 65.7 Å². The van der Waals surface area contributed by atoms with Gasteiger partial charge >= 0.3 is 5.97 Å². The molecule has 0 bridgehead atoms. The fourth-order valence-electron chi connectivity index (χ4n) is 7.82. The number of hydrogen-bond acceptors (Lipinski definition) is 5. The van der Waals surface area contributed by atoms with Crippen LogP contribution in [-0.2, 0) is 19.1 Å². The van der Waals surface area contributed by atoms with E-state index >= 15 is 0 Å². The van der Waals surface area contributed by atoms with E-state index in [4.69, 9.17) is 9.47 Å². The molecule has 5 rings (SSSR count). The van der Waals surface area contributed by atoms with Gasteiger partial charge in [-0.2, -0.15) is 0 Å². The predicted octanol–water partition coefficient (Wildman–Crippen LogP) is 2.63. The standard InChI is InChI=1S/C21H30O5/c1-11(22)25-15-7-6-12-16-13(8-10-19(12,15)2)20(3)9-4-5-14(23)21(20)18(26-21)17(16)24/h12-16,18,23H,4-10H2,1-3H3/t12-,13-,14-,15-,16-,18-,19-,20+,21-/m0/s1. The number of hydrogen-bond donors (Lipinski definition) is 1. The van der Waals surface area contributed by atoms with Crippen LogP contribution in [0.5, 0.6) is 0 Å². The third kappa shape index (κ3) is 1.80. The summed E-state index contributed by atoms with van der Waals surface area (Å²) in [4.78, 5) is 25.0. The van der Waals surface area contributed by atoms with Crippen LogP contribution in [0, 0.1) is 28.6 Å². The van der Waals surface area contributed by atoms with E-state index in [1.165, 1.54) is 6.92 Å². The van der Waals surface area contributed by atoms with Crippen molar-refractivity contribution in [3.8, 4) is 0 Å². The summed E-state index contributed by atoms with van der Waals surface area (Å²) in [6.45, 7) is 5.96. The molecule has 5 nitrogen and oxygen atoms in total. The van der Waals surface area contributed by atoms with Crippen LogP contribution in [0.3, 0.4) is 0 Å². The molecule has 9 atom stereocenters. The number of fused-ring (bicyclic) bond motifs is 4. The highest BCUT2D eigenvalue weighted by Crippen LogP contribution is 2.72. The molecule has 5 fully saturated rings. The predicted molar refractivity (Wildman–Crippen MR) is 93.2 cm³/mol. The fraction of sp³-hybridized carbons (Fsp3) is 0.905. The summed E-state index contributed by atoms with van der Waals surface area (Å²) in [5, 5.41) is 10.7. The van der Waals surface area contributed by atoms with Crippen molar-refractivity contribution in [3.05, 3.63) is 0 Å². The van der Waals surface area contributed by atoms with Crippen molar-refractivity contribution in [2.24, 2.45) is 28.6 Å². The first-order chi connectivity index (χ1) is 12.3. The first-order valence-electron chi connectivity index (χ1n) is 10.3. The second-order valence-electron chi connectivity index (χ2n) is 9.98. The Morgan fingerprint density at radius 1 is 1.15 bits per heavy atom. The van der Waals surface area contributed by atoms with E-state index in [2.05, 4.69) is 13.8 Å². The van der Waals surface area contributed by atoms with Gasteiger partial charge in [-0.05, 0) is 50.4 Å². The summed E-state index contributed by atoms with van der Waals surface area (Å²) in [5.41, 5.74) is -0.846. The Balaban J connectivity index is 1.52. The van der Waals surface area contributed by atoms with Crippen molar-refractivity contribution >= 4 is 11.8 Å². The van der Waals surface area contributed by atoms with E-state index in [1.54, 1.807) is 0 Å². The smallest absolute Gasteiger partial charge is 0.302 e. The molecule has 26 heavy (non-hydrogen) atoms. The number of Topliss-reactive ketones (excluding diaryl/α,β-unsaturated/α-hetero) is 1. The minimum absolute atomic E-state index is 0.00904. The molecule has 5 aliphatic rings. The van der Waals surface area contributed by atoms with Crippen LogP contribution in [0.4, 0.5) is 0 Å². The van der Waals surface area contributed by atoms with Crippen LogP contribution >= 0.6 is 0 Å².